The predicted molar refractivity (Wildman–Crippen MR) is 64.4 cm³/mol. The molecule has 0 aliphatic carbocycles. The molecule has 0 saturated carbocycles. The van der Waals surface area contributed by atoms with Gasteiger partial charge in [0, 0.05) is 57.8 Å². The van der Waals surface area contributed by atoms with Crippen molar-refractivity contribution in [2.45, 2.75) is 58.4 Å². The minimum atomic E-state index is -0.991. The van der Waals surface area contributed by atoms with Gasteiger partial charge in [0.15, 0.2) is 0 Å². The molecule has 1 amide bonds. The van der Waals surface area contributed by atoms with Crippen molar-refractivity contribution >= 4 is 63.3 Å². The molecule has 0 aromatic rings. The van der Waals surface area contributed by atoms with Gasteiger partial charge in [0.2, 0.25) is 5.91 Å². The maximum atomic E-state index is 11.2. The van der Waals surface area contributed by atoms with Gasteiger partial charge >= 0.3 is 5.97 Å². The van der Waals surface area contributed by atoms with Crippen LogP contribution in [0.2, 0.25) is 0 Å². The number of carboxylic acids is 1. The first-order valence-corrected chi connectivity index (χ1v) is 5.60. The zero-order valence-corrected chi connectivity index (χ0v) is 13.7. The van der Waals surface area contributed by atoms with Crippen LogP contribution in [0.25, 0.3) is 0 Å². The Morgan fingerprint density at radius 2 is 1.75 bits per heavy atom. The minimum Gasteiger partial charge on any atom is -0.480 e. The van der Waals surface area contributed by atoms with Crippen LogP contribution in [0.4, 0.5) is 0 Å². The maximum absolute atomic E-state index is 11.2. The van der Waals surface area contributed by atoms with Crippen LogP contribution in [-0.4, -0.2) is 74.4 Å². The van der Waals surface area contributed by atoms with Crippen molar-refractivity contribution in [3.05, 3.63) is 0 Å². The molecule has 4 nitrogen and oxygen atoms in total. The van der Waals surface area contributed by atoms with Crippen molar-refractivity contribution in [1.29, 1.82) is 0 Å². The molecular weight excluding hydrogens is 233 g/mol. The number of nitrogens with one attached hydrogen (secondary N) is 1. The third kappa shape index (κ3) is 11.1. The van der Waals surface area contributed by atoms with Crippen molar-refractivity contribution in [2.75, 3.05) is 0 Å². The number of hydrogen-bond donors (Lipinski definition) is 2. The van der Waals surface area contributed by atoms with E-state index >= 15 is 0 Å². The molecule has 0 saturated heterocycles. The molecule has 1 radical (unpaired) electrons. The summed E-state index contributed by atoms with van der Waals surface area (Å²) in [5.41, 5.74) is 0. The first kappa shape index (κ1) is 18.9. The van der Waals surface area contributed by atoms with Crippen molar-refractivity contribution in [3.63, 3.8) is 0 Å². The second-order valence-corrected chi connectivity index (χ2v) is 3.79. The van der Waals surface area contributed by atoms with Crippen LogP contribution in [0.1, 0.15) is 52.4 Å². The van der Waals surface area contributed by atoms with Crippen LogP contribution in [0.15, 0.2) is 0 Å². The van der Waals surface area contributed by atoms with E-state index in [0.29, 0.717) is 6.42 Å². The van der Waals surface area contributed by atoms with Gasteiger partial charge in [-0.15, -0.1) is 0 Å². The van der Waals surface area contributed by atoms with Gasteiger partial charge in [-0.3, -0.25) is 9.59 Å². The maximum Gasteiger partial charge on any atom is 0.325 e. The molecule has 5 heteroatoms. The molecule has 2 N–H and O–H groups in total. The van der Waals surface area contributed by atoms with Crippen LogP contribution in [0.3, 0.4) is 0 Å². The molecule has 0 spiro atoms. The third-order valence-corrected chi connectivity index (χ3v) is 2.26. The number of carbonyl (C=O) groups is 2. The molecule has 0 aromatic carbocycles. The van der Waals surface area contributed by atoms with Crippen molar-refractivity contribution in [2.24, 2.45) is 0 Å². The monoisotopic (exact) mass is 254 g/mol. The quantitative estimate of drug-likeness (QED) is 0.510. The van der Waals surface area contributed by atoms with E-state index in [0.717, 1.165) is 19.3 Å². The van der Waals surface area contributed by atoms with Crippen LogP contribution >= 0.6 is 0 Å². The number of carbonyl (C=O) groups excluding carboxylic acids is 1. The van der Waals surface area contributed by atoms with Gasteiger partial charge in [-0.25, -0.2) is 0 Å². The summed E-state index contributed by atoms with van der Waals surface area (Å²) in [5, 5.41) is 11.0. The first-order valence-electron chi connectivity index (χ1n) is 5.60. The van der Waals surface area contributed by atoms with Crippen LogP contribution in [0.5, 0.6) is 0 Å². The largest absolute Gasteiger partial charge is 0.480 e. The van der Waals surface area contributed by atoms with Gasteiger partial charge in [-0.05, 0) is 13.3 Å². The minimum absolute atomic E-state index is 0. The summed E-state index contributed by atoms with van der Waals surface area (Å²) in [7, 11) is 0. The summed E-state index contributed by atoms with van der Waals surface area (Å²) in [4.78, 5) is 21.7. The zero-order chi connectivity index (χ0) is 11.7. The van der Waals surface area contributed by atoms with Crippen molar-refractivity contribution < 1.29 is 14.7 Å². The fraction of sp³-hybridized carbons (Fsp3) is 0.818. The van der Waals surface area contributed by atoms with Crippen LogP contribution in [-0.2, 0) is 9.59 Å². The summed E-state index contributed by atoms with van der Waals surface area (Å²) in [6.45, 7) is 3.61. The van der Waals surface area contributed by atoms with Crippen molar-refractivity contribution in [3.8, 4) is 0 Å². The Morgan fingerprint density at radius 1 is 1.19 bits per heavy atom. The smallest absolute Gasteiger partial charge is 0.325 e. The Balaban J connectivity index is 0. The molecule has 0 unspecified atom stereocenters. The summed E-state index contributed by atoms with van der Waals surface area (Å²) < 4.78 is 0. The van der Waals surface area contributed by atoms with E-state index in [9.17, 15) is 9.59 Å². The molecular formula is C11H21KNO3. The molecule has 89 valence electrons. The van der Waals surface area contributed by atoms with Gasteiger partial charge in [-0.2, -0.15) is 0 Å². The van der Waals surface area contributed by atoms with E-state index in [2.05, 4.69) is 12.2 Å². The van der Waals surface area contributed by atoms with Gasteiger partial charge in [0.25, 0.3) is 0 Å². The number of rotatable bonds is 8. The second-order valence-electron chi connectivity index (χ2n) is 3.79. The molecule has 0 fully saturated rings. The standard InChI is InChI=1S/C11H21NO3.K/c1-3-4-5-6-7-8-10(13)12-9(2)11(14)15;/h9H,3-8H2,1-2H3,(H,12,13)(H,14,15);/t9-;/m0./s1. The van der Waals surface area contributed by atoms with Gasteiger partial charge in [0.1, 0.15) is 6.04 Å². The summed E-state index contributed by atoms with van der Waals surface area (Å²) >= 11 is 0. The Labute approximate surface area is 140 Å². The van der Waals surface area contributed by atoms with Gasteiger partial charge < -0.3 is 10.4 Å². The second kappa shape index (κ2) is 12.0. The van der Waals surface area contributed by atoms with Crippen LogP contribution < -0.4 is 5.32 Å². The van der Waals surface area contributed by atoms with E-state index in [-0.39, 0.29) is 57.3 Å². The average molecular weight is 254 g/mol. The Morgan fingerprint density at radius 3 is 2.25 bits per heavy atom. The molecule has 0 bridgehead atoms. The molecule has 1 atom stereocenters. The first-order chi connectivity index (χ1) is 7.07. The number of amides is 1. The third-order valence-electron chi connectivity index (χ3n) is 2.26. The molecule has 0 aromatic heterocycles. The predicted octanol–water partition coefficient (Wildman–Crippen LogP) is 1.56. The molecule has 0 heterocycles. The normalized spacial score (nSPS) is 11.4. The topological polar surface area (TPSA) is 66.4 Å². The fourth-order valence-corrected chi connectivity index (χ4v) is 1.26. The number of carboxylic acid groups (broad SMARTS) is 1. The van der Waals surface area contributed by atoms with E-state index in [4.69, 9.17) is 5.11 Å². The van der Waals surface area contributed by atoms with Crippen molar-refractivity contribution in [1.82, 2.24) is 5.32 Å². The number of aliphatic carboxylic acids is 1. The summed E-state index contributed by atoms with van der Waals surface area (Å²) in [6, 6.07) is -0.784. The fourth-order valence-electron chi connectivity index (χ4n) is 1.26. The van der Waals surface area contributed by atoms with E-state index in [1.807, 2.05) is 0 Å². The van der Waals surface area contributed by atoms with Gasteiger partial charge in [0.05, 0.1) is 0 Å². The van der Waals surface area contributed by atoms with Crippen LogP contribution in [0, 0.1) is 0 Å². The molecule has 16 heavy (non-hydrogen) atoms. The number of unbranched alkanes of at least 4 members (excludes halogenated alkanes) is 4. The Kier molecular flexibility index (Phi) is 14.2. The van der Waals surface area contributed by atoms with Gasteiger partial charge in [-0.1, -0.05) is 32.6 Å². The SMILES string of the molecule is CCCCCCCC(=O)N[C@@H](C)C(=O)O.[K]. The van der Waals surface area contributed by atoms with E-state index in [1.54, 1.807) is 0 Å². The molecule has 0 rings (SSSR count). The average Bonchev–Trinajstić information content (AvgIpc) is 2.17. The number of hydrogen-bond acceptors (Lipinski definition) is 2. The molecule has 0 aliphatic rings. The zero-order valence-electron chi connectivity index (χ0n) is 10.6. The Bertz CT molecular complexity index is 209. The summed E-state index contributed by atoms with van der Waals surface area (Å²) in [6.07, 6.45) is 5.86. The summed E-state index contributed by atoms with van der Waals surface area (Å²) in [5.74, 6) is -1.16. The van der Waals surface area contributed by atoms with E-state index in [1.165, 1.54) is 19.8 Å². The molecule has 0 aliphatic heterocycles. The van der Waals surface area contributed by atoms with E-state index < -0.39 is 12.0 Å². The Hall–Kier alpha value is 0.576.